The summed E-state index contributed by atoms with van der Waals surface area (Å²) < 4.78 is 0. The van der Waals surface area contributed by atoms with E-state index in [1.165, 1.54) is 6.42 Å². The third-order valence-corrected chi connectivity index (χ3v) is 3.90. The predicted octanol–water partition coefficient (Wildman–Crippen LogP) is 1.15. The number of anilines is 2. The quantitative estimate of drug-likeness (QED) is 0.780. The molecule has 98 valence electrons. The molecular formula is C13H18N3O2-. The molecule has 1 aromatic carbocycles. The second-order valence-electron chi connectivity index (χ2n) is 5.21. The number of rotatable bonds is 1. The van der Waals surface area contributed by atoms with Crippen molar-refractivity contribution in [3.63, 3.8) is 0 Å². The number of nitrogens with zero attached hydrogens (tertiary/aromatic N) is 2. The van der Waals surface area contributed by atoms with Crippen LogP contribution >= 0.6 is 0 Å². The minimum Gasteiger partial charge on any atom is -0.871 e. The van der Waals surface area contributed by atoms with E-state index in [1.807, 2.05) is 6.07 Å². The molecule has 0 amide bonds. The summed E-state index contributed by atoms with van der Waals surface area (Å²) in [5.74, 6) is 0.322. The fraction of sp³-hybridized carbons (Fsp3) is 0.538. The maximum Gasteiger partial charge on any atom is 0.114 e. The number of hydroxylamine groups is 1. The highest BCUT2D eigenvalue weighted by Crippen LogP contribution is 2.43. The highest BCUT2D eigenvalue weighted by molar-refractivity contribution is 5.82. The molecule has 0 saturated carbocycles. The van der Waals surface area contributed by atoms with E-state index in [4.69, 9.17) is 0 Å². The van der Waals surface area contributed by atoms with Crippen LogP contribution in [-0.2, 0) is 0 Å². The zero-order valence-electron chi connectivity index (χ0n) is 10.5. The van der Waals surface area contributed by atoms with E-state index in [0.29, 0.717) is 18.3 Å². The average Bonchev–Trinajstić information content (AvgIpc) is 2.73. The van der Waals surface area contributed by atoms with Crippen molar-refractivity contribution in [1.82, 2.24) is 4.90 Å². The van der Waals surface area contributed by atoms with E-state index in [2.05, 4.69) is 17.3 Å². The van der Waals surface area contributed by atoms with Gasteiger partial charge in [0.25, 0.3) is 0 Å². The summed E-state index contributed by atoms with van der Waals surface area (Å²) in [4.78, 5) is 2.32. The van der Waals surface area contributed by atoms with Crippen molar-refractivity contribution in [3.05, 3.63) is 17.7 Å². The highest BCUT2D eigenvalue weighted by Gasteiger charge is 2.27. The number of likely N-dealkylation sites (tertiary alicyclic amines) is 1. The first-order valence-electron chi connectivity index (χ1n) is 6.39. The van der Waals surface area contributed by atoms with Crippen LogP contribution in [0.1, 0.15) is 24.3 Å². The van der Waals surface area contributed by atoms with Gasteiger partial charge in [0.15, 0.2) is 0 Å². The third-order valence-electron chi connectivity index (χ3n) is 3.90. The average molecular weight is 248 g/mol. The number of nitrogens with one attached hydrogen (secondary N) is 1. The van der Waals surface area contributed by atoms with Crippen LogP contribution in [0.15, 0.2) is 12.1 Å². The largest absolute Gasteiger partial charge is 0.871 e. The Morgan fingerprint density at radius 3 is 3.06 bits per heavy atom. The lowest BCUT2D eigenvalue weighted by molar-refractivity contribution is -0.267. The fourth-order valence-electron chi connectivity index (χ4n) is 3.02. The fourth-order valence-corrected chi connectivity index (χ4v) is 3.02. The molecule has 5 nitrogen and oxygen atoms in total. The van der Waals surface area contributed by atoms with Gasteiger partial charge in [0.1, 0.15) is 6.67 Å². The van der Waals surface area contributed by atoms with Crippen LogP contribution in [0.5, 0.6) is 5.75 Å². The van der Waals surface area contributed by atoms with Crippen LogP contribution in [0.2, 0.25) is 0 Å². The molecule has 2 aliphatic rings. The lowest BCUT2D eigenvalue weighted by Crippen LogP contribution is -2.31. The van der Waals surface area contributed by atoms with Crippen molar-refractivity contribution in [2.24, 2.45) is 0 Å². The van der Waals surface area contributed by atoms with Crippen LogP contribution < -0.4 is 15.5 Å². The van der Waals surface area contributed by atoms with Gasteiger partial charge in [-0.1, -0.05) is 17.9 Å². The molecule has 1 atom stereocenters. The Bertz CT molecular complexity index is 464. The smallest absolute Gasteiger partial charge is 0.114 e. The lowest BCUT2D eigenvalue weighted by Gasteiger charge is -2.31. The molecule has 2 heterocycles. The molecule has 5 heteroatoms. The van der Waals surface area contributed by atoms with Gasteiger partial charge in [0, 0.05) is 6.54 Å². The van der Waals surface area contributed by atoms with Crippen molar-refractivity contribution in [2.75, 3.05) is 37.2 Å². The van der Waals surface area contributed by atoms with Crippen molar-refractivity contribution < 1.29 is 10.3 Å². The molecule has 0 bridgehead atoms. The van der Waals surface area contributed by atoms with Gasteiger partial charge >= 0.3 is 0 Å². The number of hydrogen-bond acceptors (Lipinski definition) is 5. The van der Waals surface area contributed by atoms with Crippen molar-refractivity contribution >= 4 is 11.4 Å². The van der Waals surface area contributed by atoms with Crippen molar-refractivity contribution in [1.29, 1.82) is 0 Å². The van der Waals surface area contributed by atoms with E-state index in [0.717, 1.165) is 35.8 Å². The Hall–Kier alpha value is -1.46. The second-order valence-corrected chi connectivity index (χ2v) is 5.21. The Kier molecular flexibility index (Phi) is 2.80. The Morgan fingerprint density at radius 2 is 2.28 bits per heavy atom. The van der Waals surface area contributed by atoms with Crippen LogP contribution in [0.25, 0.3) is 0 Å². The first-order chi connectivity index (χ1) is 8.66. The SMILES string of the molecule is CN1CCCC(c2ccc([O-])c3c2NCN3O)C1. The van der Waals surface area contributed by atoms with E-state index < -0.39 is 0 Å². The van der Waals surface area contributed by atoms with Crippen LogP contribution in [0.3, 0.4) is 0 Å². The molecule has 18 heavy (non-hydrogen) atoms. The van der Waals surface area contributed by atoms with Crippen molar-refractivity contribution in [2.45, 2.75) is 18.8 Å². The Morgan fingerprint density at radius 1 is 1.44 bits per heavy atom. The molecule has 2 N–H and O–H groups in total. The van der Waals surface area contributed by atoms with Crippen LogP contribution in [0.4, 0.5) is 11.4 Å². The summed E-state index contributed by atoms with van der Waals surface area (Å²) >= 11 is 0. The van der Waals surface area contributed by atoms with Crippen molar-refractivity contribution in [3.8, 4) is 5.75 Å². The summed E-state index contributed by atoms with van der Waals surface area (Å²) in [6.45, 7) is 2.44. The number of piperidine rings is 1. The zero-order chi connectivity index (χ0) is 12.7. The molecule has 1 fully saturated rings. The molecule has 0 radical (unpaired) electrons. The van der Waals surface area contributed by atoms with Gasteiger partial charge < -0.3 is 15.3 Å². The van der Waals surface area contributed by atoms with Gasteiger partial charge in [-0.3, -0.25) is 5.21 Å². The number of benzene rings is 1. The van der Waals surface area contributed by atoms with E-state index in [1.54, 1.807) is 6.07 Å². The van der Waals surface area contributed by atoms with Gasteiger partial charge in [-0.2, -0.15) is 0 Å². The molecule has 1 saturated heterocycles. The standard InChI is InChI=1S/C13H19N3O2/c1-15-6-2-3-9(7-15)10-4-5-11(17)13-12(10)14-8-16(13)18/h4-5,9,14,17-18H,2-3,6-8H2,1H3/p-1. The van der Waals surface area contributed by atoms with Gasteiger partial charge in [-0.15, -0.1) is 0 Å². The third kappa shape index (κ3) is 1.79. The summed E-state index contributed by atoms with van der Waals surface area (Å²) in [7, 11) is 2.13. The maximum atomic E-state index is 11.8. The highest BCUT2D eigenvalue weighted by atomic mass is 16.5. The normalized spacial score (nSPS) is 23.9. The first kappa shape index (κ1) is 11.6. The molecule has 3 rings (SSSR count). The summed E-state index contributed by atoms with van der Waals surface area (Å²) in [6, 6.07) is 3.48. The molecule has 0 aromatic heterocycles. The number of likely N-dealkylation sites (N-methyl/N-ethyl adjacent to an activating group) is 1. The molecule has 1 aromatic rings. The van der Waals surface area contributed by atoms with Gasteiger partial charge in [0.2, 0.25) is 0 Å². The van der Waals surface area contributed by atoms with Gasteiger partial charge in [-0.25, -0.2) is 5.06 Å². The summed E-state index contributed by atoms with van der Waals surface area (Å²) in [6.07, 6.45) is 2.32. The molecule has 0 spiro atoms. The summed E-state index contributed by atoms with van der Waals surface area (Å²) in [5.41, 5.74) is 2.39. The molecule has 0 aliphatic carbocycles. The zero-order valence-corrected chi connectivity index (χ0v) is 10.5. The maximum absolute atomic E-state index is 11.8. The van der Waals surface area contributed by atoms with E-state index >= 15 is 0 Å². The van der Waals surface area contributed by atoms with E-state index in [9.17, 15) is 10.3 Å². The van der Waals surface area contributed by atoms with E-state index in [-0.39, 0.29) is 5.75 Å². The second kappa shape index (κ2) is 4.33. The van der Waals surface area contributed by atoms with Gasteiger partial charge in [-0.05, 0) is 37.9 Å². The summed E-state index contributed by atoms with van der Waals surface area (Å²) in [5, 5.41) is 25.6. The Labute approximate surface area is 107 Å². The van der Waals surface area contributed by atoms with Crippen LogP contribution in [-0.4, -0.2) is 36.9 Å². The predicted molar refractivity (Wildman–Crippen MR) is 68.1 cm³/mol. The first-order valence-corrected chi connectivity index (χ1v) is 6.39. The minimum absolute atomic E-state index is 0.120. The number of hydrogen-bond donors (Lipinski definition) is 2. The number of fused-ring (bicyclic) bond motifs is 1. The monoisotopic (exact) mass is 248 g/mol. The molecular weight excluding hydrogens is 230 g/mol. The lowest BCUT2D eigenvalue weighted by atomic mass is 9.89. The topological polar surface area (TPSA) is 61.8 Å². The molecule has 1 unspecified atom stereocenters. The van der Waals surface area contributed by atoms with Crippen LogP contribution in [0, 0.1) is 0 Å². The van der Waals surface area contributed by atoms with Gasteiger partial charge in [0.05, 0.1) is 11.4 Å². The molecule has 2 aliphatic heterocycles. The Balaban J connectivity index is 1.98. The minimum atomic E-state index is -0.120.